The standard InChI is InChI=1S/C13H16F2N2O/c1-16-4-5-17-13(18)11-7-9(11)10-6-8(14)2-3-12(10)15/h2-3,6,9,11,16H,4-5,7H2,1H3,(H,17,18). The van der Waals surface area contributed by atoms with Gasteiger partial charge < -0.3 is 10.6 Å². The van der Waals surface area contributed by atoms with Crippen molar-refractivity contribution in [3.63, 3.8) is 0 Å². The molecule has 0 aliphatic heterocycles. The molecule has 2 atom stereocenters. The second kappa shape index (κ2) is 5.44. The summed E-state index contributed by atoms with van der Waals surface area (Å²) < 4.78 is 26.5. The van der Waals surface area contributed by atoms with E-state index in [0.29, 0.717) is 25.1 Å². The van der Waals surface area contributed by atoms with Gasteiger partial charge in [-0.05, 0) is 43.1 Å². The molecule has 1 aromatic carbocycles. The van der Waals surface area contributed by atoms with Crippen LogP contribution in [0.3, 0.4) is 0 Å². The number of carbonyl (C=O) groups excluding carboxylic acids is 1. The van der Waals surface area contributed by atoms with Crippen molar-refractivity contribution in [2.75, 3.05) is 20.1 Å². The van der Waals surface area contributed by atoms with Gasteiger partial charge >= 0.3 is 0 Å². The number of halogens is 2. The number of rotatable bonds is 5. The molecule has 1 aliphatic carbocycles. The fourth-order valence-electron chi connectivity index (χ4n) is 2.07. The molecule has 98 valence electrons. The first-order chi connectivity index (χ1) is 8.63. The van der Waals surface area contributed by atoms with E-state index >= 15 is 0 Å². The third-order valence-corrected chi connectivity index (χ3v) is 3.16. The quantitative estimate of drug-likeness (QED) is 0.780. The summed E-state index contributed by atoms with van der Waals surface area (Å²) in [6, 6.07) is 3.38. The Kier molecular flexibility index (Phi) is 3.91. The summed E-state index contributed by atoms with van der Waals surface area (Å²) in [5.41, 5.74) is 0.309. The van der Waals surface area contributed by atoms with Gasteiger partial charge in [-0.25, -0.2) is 8.78 Å². The highest BCUT2D eigenvalue weighted by molar-refractivity contribution is 5.82. The third kappa shape index (κ3) is 2.85. The van der Waals surface area contributed by atoms with Crippen molar-refractivity contribution in [1.82, 2.24) is 10.6 Å². The minimum atomic E-state index is -0.465. The lowest BCUT2D eigenvalue weighted by Gasteiger charge is -2.05. The van der Waals surface area contributed by atoms with Crippen LogP contribution in [0.2, 0.25) is 0 Å². The summed E-state index contributed by atoms with van der Waals surface area (Å²) in [7, 11) is 1.80. The van der Waals surface area contributed by atoms with Crippen LogP contribution in [-0.2, 0) is 4.79 Å². The lowest BCUT2D eigenvalue weighted by atomic mass is 10.1. The van der Waals surface area contributed by atoms with Crippen LogP contribution >= 0.6 is 0 Å². The third-order valence-electron chi connectivity index (χ3n) is 3.16. The van der Waals surface area contributed by atoms with Crippen LogP contribution in [0.5, 0.6) is 0 Å². The number of amides is 1. The summed E-state index contributed by atoms with van der Waals surface area (Å²) >= 11 is 0. The maximum absolute atomic E-state index is 13.5. The lowest BCUT2D eigenvalue weighted by molar-refractivity contribution is -0.122. The topological polar surface area (TPSA) is 41.1 Å². The monoisotopic (exact) mass is 254 g/mol. The molecule has 2 rings (SSSR count). The SMILES string of the molecule is CNCCNC(=O)C1CC1c1cc(F)ccc1F. The van der Waals surface area contributed by atoms with Gasteiger partial charge in [-0.3, -0.25) is 4.79 Å². The van der Waals surface area contributed by atoms with Crippen molar-refractivity contribution in [1.29, 1.82) is 0 Å². The molecular formula is C13H16F2N2O. The summed E-state index contributed by atoms with van der Waals surface area (Å²) in [6.45, 7) is 1.24. The number of nitrogens with one attached hydrogen (secondary N) is 2. The van der Waals surface area contributed by atoms with E-state index < -0.39 is 11.6 Å². The van der Waals surface area contributed by atoms with E-state index in [1.54, 1.807) is 7.05 Å². The Bertz CT molecular complexity index is 451. The average Bonchev–Trinajstić information content (AvgIpc) is 3.12. The summed E-state index contributed by atoms with van der Waals surface area (Å²) in [5, 5.41) is 5.68. The first-order valence-electron chi connectivity index (χ1n) is 6.00. The largest absolute Gasteiger partial charge is 0.355 e. The lowest BCUT2D eigenvalue weighted by Crippen LogP contribution is -2.31. The van der Waals surface area contributed by atoms with Crippen LogP contribution in [0.15, 0.2) is 18.2 Å². The van der Waals surface area contributed by atoms with Crippen molar-refractivity contribution >= 4 is 5.91 Å². The van der Waals surface area contributed by atoms with Gasteiger partial charge in [0.1, 0.15) is 11.6 Å². The second-order valence-electron chi connectivity index (χ2n) is 4.51. The number of hydrogen-bond acceptors (Lipinski definition) is 2. The molecule has 1 fully saturated rings. The molecule has 0 radical (unpaired) electrons. The zero-order valence-electron chi connectivity index (χ0n) is 10.2. The van der Waals surface area contributed by atoms with Gasteiger partial charge in [0, 0.05) is 19.0 Å². The van der Waals surface area contributed by atoms with Crippen LogP contribution in [0, 0.1) is 17.6 Å². The Morgan fingerprint density at radius 2 is 2.17 bits per heavy atom. The summed E-state index contributed by atoms with van der Waals surface area (Å²) in [6.07, 6.45) is 0.589. The highest BCUT2D eigenvalue weighted by Gasteiger charge is 2.45. The molecule has 0 spiro atoms. The average molecular weight is 254 g/mol. The maximum Gasteiger partial charge on any atom is 0.223 e. The molecule has 2 unspecified atom stereocenters. The van der Waals surface area contributed by atoms with Crippen molar-refractivity contribution in [3.8, 4) is 0 Å². The predicted octanol–water partition coefficient (Wildman–Crippen LogP) is 1.40. The molecule has 0 aromatic heterocycles. The zero-order chi connectivity index (χ0) is 13.1. The van der Waals surface area contributed by atoms with E-state index in [4.69, 9.17) is 0 Å². The molecule has 0 heterocycles. The molecule has 0 bridgehead atoms. The highest BCUT2D eigenvalue weighted by atomic mass is 19.1. The van der Waals surface area contributed by atoms with Gasteiger partial charge in [-0.2, -0.15) is 0 Å². The molecule has 5 heteroatoms. The Hall–Kier alpha value is -1.49. The molecule has 1 aliphatic rings. The Morgan fingerprint density at radius 3 is 2.89 bits per heavy atom. The van der Waals surface area contributed by atoms with Crippen molar-refractivity contribution < 1.29 is 13.6 Å². The molecule has 1 amide bonds. The van der Waals surface area contributed by atoms with Crippen molar-refractivity contribution in [3.05, 3.63) is 35.4 Å². The van der Waals surface area contributed by atoms with E-state index in [9.17, 15) is 13.6 Å². The Balaban J connectivity index is 1.94. The van der Waals surface area contributed by atoms with E-state index in [-0.39, 0.29) is 17.7 Å². The van der Waals surface area contributed by atoms with Crippen LogP contribution in [0.25, 0.3) is 0 Å². The highest BCUT2D eigenvalue weighted by Crippen LogP contribution is 2.48. The van der Waals surface area contributed by atoms with E-state index in [1.807, 2.05) is 0 Å². The number of likely N-dealkylation sites (N-methyl/N-ethyl adjacent to an activating group) is 1. The van der Waals surface area contributed by atoms with Gasteiger partial charge in [0.2, 0.25) is 5.91 Å². The van der Waals surface area contributed by atoms with Crippen molar-refractivity contribution in [2.24, 2.45) is 5.92 Å². The van der Waals surface area contributed by atoms with E-state index in [1.165, 1.54) is 6.07 Å². The van der Waals surface area contributed by atoms with Gasteiger partial charge in [-0.1, -0.05) is 0 Å². The minimum absolute atomic E-state index is 0.0843. The summed E-state index contributed by atoms with van der Waals surface area (Å²) in [5.74, 6) is -1.40. The molecule has 1 saturated carbocycles. The van der Waals surface area contributed by atoms with Gasteiger partial charge in [0.15, 0.2) is 0 Å². The smallest absolute Gasteiger partial charge is 0.223 e. The van der Waals surface area contributed by atoms with Crippen LogP contribution in [0.1, 0.15) is 17.9 Å². The van der Waals surface area contributed by atoms with Crippen LogP contribution in [-0.4, -0.2) is 26.0 Å². The summed E-state index contributed by atoms with van der Waals surface area (Å²) in [4.78, 5) is 11.7. The molecule has 3 nitrogen and oxygen atoms in total. The number of carbonyl (C=O) groups is 1. The minimum Gasteiger partial charge on any atom is -0.355 e. The predicted molar refractivity (Wildman–Crippen MR) is 64.1 cm³/mol. The first kappa shape index (κ1) is 13.0. The first-order valence-corrected chi connectivity index (χ1v) is 6.00. The number of hydrogen-bond donors (Lipinski definition) is 2. The Morgan fingerprint density at radius 1 is 1.39 bits per heavy atom. The maximum atomic E-state index is 13.5. The second-order valence-corrected chi connectivity index (χ2v) is 4.51. The fraction of sp³-hybridized carbons (Fsp3) is 0.462. The molecule has 1 aromatic rings. The molecule has 2 N–H and O–H groups in total. The molecule has 0 saturated heterocycles. The van der Waals surface area contributed by atoms with Crippen molar-refractivity contribution in [2.45, 2.75) is 12.3 Å². The molecule has 18 heavy (non-hydrogen) atoms. The van der Waals surface area contributed by atoms with Crippen LogP contribution < -0.4 is 10.6 Å². The normalized spacial score (nSPS) is 21.7. The van der Waals surface area contributed by atoms with Crippen LogP contribution in [0.4, 0.5) is 8.78 Å². The number of benzene rings is 1. The Labute approximate surface area is 105 Å². The molecular weight excluding hydrogens is 238 g/mol. The van der Waals surface area contributed by atoms with Gasteiger partial charge in [-0.15, -0.1) is 0 Å². The van der Waals surface area contributed by atoms with Gasteiger partial charge in [0.05, 0.1) is 0 Å². The zero-order valence-corrected chi connectivity index (χ0v) is 10.2. The van der Waals surface area contributed by atoms with E-state index in [0.717, 1.165) is 12.1 Å². The van der Waals surface area contributed by atoms with Gasteiger partial charge in [0.25, 0.3) is 0 Å². The fourth-order valence-corrected chi connectivity index (χ4v) is 2.07. The van der Waals surface area contributed by atoms with E-state index in [2.05, 4.69) is 10.6 Å².